The minimum absolute atomic E-state index is 0.125. The number of ether oxygens (including phenoxy) is 1. The summed E-state index contributed by atoms with van der Waals surface area (Å²) in [5.41, 5.74) is 2.57. The maximum atomic E-state index is 13.1. The number of H-pyrrole nitrogens is 1. The summed E-state index contributed by atoms with van der Waals surface area (Å²) in [6.07, 6.45) is -2.15. The molecule has 1 fully saturated rings. The van der Waals surface area contributed by atoms with E-state index in [9.17, 15) is 18.0 Å². The van der Waals surface area contributed by atoms with Gasteiger partial charge in [0.25, 0.3) is 6.01 Å². The number of nitrogens with one attached hydrogen (secondary N) is 1. The van der Waals surface area contributed by atoms with E-state index in [-0.39, 0.29) is 12.0 Å². The molecule has 0 atom stereocenters. The normalized spacial score (nSPS) is 18.3. The first-order chi connectivity index (χ1) is 17.2. The third-order valence-corrected chi connectivity index (χ3v) is 6.68. The maximum absolute atomic E-state index is 13.1. The zero-order valence-electron chi connectivity index (χ0n) is 18.8. The number of rotatable bonds is 5. The molecule has 5 rings (SSSR count). The Kier molecular flexibility index (Phi) is 6.34. The van der Waals surface area contributed by atoms with Crippen LogP contribution in [0.1, 0.15) is 31.2 Å². The molecular weight excluding hydrogens is 495 g/mol. The van der Waals surface area contributed by atoms with Crippen LogP contribution in [0.25, 0.3) is 33.5 Å². The van der Waals surface area contributed by atoms with Gasteiger partial charge >= 0.3 is 12.1 Å². The molecule has 0 bridgehead atoms. The smallest absolute Gasteiger partial charge is 0.416 e. The van der Waals surface area contributed by atoms with Gasteiger partial charge in [0.2, 0.25) is 0 Å². The summed E-state index contributed by atoms with van der Waals surface area (Å²) in [5.74, 6) is -1.10. The SMILES string of the molecule is O=C(O)C1CCC(Oc2nc3nc(-c4ccc(-c5cccc(C(F)(F)F)c5)cc4)c(Cl)cc3[nH]2)CC1. The third-order valence-electron chi connectivity index (χ3n) is 6.39. The van der Waals surface area contributed by atoms with Crippen LogP contribution >= 0.6 is 11.6 Å². The Bertz CT molecular complexity index is 1410. The molecule has 2 aromatic carbocycles. The van der Waals surface area contributed by atoms with Crippen LogP contribution in [0, 0.1) is 5.92 Å². The van der Waals surface area contributed by atoms with Crippen LogP contribution in [0.2, 0.25) is 5.02 Å². The summed E-state index contributed by atoms with van der Waals surface area (Å²) in [4.78, 5) is 23.2. The first kappa shape index (κ1) is 24.1. The molecule has 0 saturated heterocycles. The number of carbonyl (C=O) groups is 1. The van der Waals surface area contributed by atoms with Crippen molar-refractivity contribution in [3.63, 3.8) is 0 Å². The molecule has 0 radical (unpaired) electrons. The van der Waals surface area contributed by atoms with Gasteiger partial charge in [-0.15, -0.1) is 0 Å². The van der Waals surface area contributed by atoms with Crippen LogP contribution < -0.4 is 4.74 Å². The number of nitrogens with zero attached hydrogens (tertiary/aromatic N) is 2. The minimum atomic E-state index is -4.41. The minimum Gasteiger partial charge on any atom is -0.481 e. The van der Waals surface area contributed by atoms with Crippen molar-refractivity contribution in [2.24, 2.45) is 5.92 Å². The Hall–Kier alpha value is -3.59. The molecule has 2 heterocycles. The summed E-state index contributed by atoms with van der Waals surface area (Å²) >= 11 is 6.48. The number of carboxylic acid groups (broad SMARTS) is 1. The van der Waals surface area contributed by atoms with Gasteiger partial charge in [0.15, 0.2) is 5.65 Å². The van der Waals surface area contributed by atoms with E-state index in [4.69, 9.17) is 21.4 Å². The van der Waals surface area contributed by atoms with Gasteiger partial charge < -0.3 is 14.8 Å². The number of aliphatic carboxylic acids is 1. The van der Waals surface area contributed by atoms with Gasteiger partial charge in [-0.2, -0.15) is 18.2 Å². The Morgan fingerprint density at radius 1 is 0.972 bits per heavy atom. The number of hydrogen-bond acceptors (Lipinski definition) is 4. The Balaban J connectivity index is 1.35. The first-order valence-electron chi connectivity index (χ1n) is 11.4. The molecule has 2 aromatic heterocycles. The number of benzene rings is 2. The van der Waals surface area contributed by atoms with E-state index in [2.05, 4.69) is 15.0 Å². The number of halogens is 4. The summed E-state index contributed by atoms with van der Waals surface area (Å²) < 4.78 is 45.1. The van der Waals surface area contributed by atoms with Gasteiger partial charge in [0, 0.05) is 5.56 Å². The van der Waals surface area contributed by atoms with Crippen molar-refractivity contribution >= 4 is 28.7 Å². The highest BCUT2D eigenvalue weighted by Gasteiger charge is 2.30. The number of pyridine rings is 1. The number of imidazole rings is 1. The summed E-state index contributed by atoms with van der Waals surface area (Å²) in [5, 5.41) is 9.53. The molecule has 1 aliphatic carbocycles. The standard InChI is InChI=1S/C26H21ClF3N3O3/c27-20-13-21-23(33-25(31-21)36-19-10-8-16(9-11-19)24(34)35)32-22(20)15-6-4-14(5-7-15)17-2-1-3-18(12-17)26(28,29)30/h1-7,12-13,16,19H,8-11H2,(H,34,35)(H,31,32,33). The molecular formula is C26H21ClF3N3O3. The fourth-order valence-electron chi connectivity index (χ4n) is 4.44. The lowest BCUT2D eigenvalue weighted by Crippen LogP contribution is -2.28. The molecule has 36 heavy (non-hydrogen) atoms. The zero-order valence-corrected chi connectivity index (χ0v) is 19.6. The molecule has 0 unspecified atom stereocenters. The maximum Gasteiger partial charge on any atom is 0.416 e. The number of alkyl halides is 3. The van der Waals surface area contributed by atoms with E-state index in [0.29, 0.717) is 70.3 Å². The van der Waals surface area contributed by atoms with E-state index in [1.165, 1.54) is 6.07 Å². The van der Waals surface area contributed by atoms with Crippen molar-refractivity contribution in [3.8, 4) is 28.4 Å². The molecule has 0 spiro atoms. The number of aromatic amines is 1. The average Bonchev–Trinajstić information content (AvgIpc) is 3.24. The van der Waals surface area contributed by atoms with Crippen molar-refractivity contribution in [1.29, 1.82) is 0 Å². The second-order valence-electron chi connectivity index (χ2n) is 8.82. The second kappa shape index (κ2) is 9.46. The zero-order chi connectivity index (χ0) is 25.4. The van der Waals surface area contributed by atoms with Gasteiger partial charge in [0.1, 0.15) is 6.10 Å². The lowest BCUT2D eigenvalue weighted by Gasteiger charge is -2.25. The highest BCUT2D eigenvalue weighted by molar-refractivity contribution is 6.33. The average molecular weight is 516 g/mol. The number of carboxylic acids is 1. The van der Waals surface area contributed by atoms with Crippen LogP contribution in [0.4, 0.5) is 13.2 Å². The van der Waals surface area contributed by atoms with Gasteiger partial charge in [0.05, 0.1) is 27.7 Å². The Morgan fingerprint density at radius 3 is 2.33 bits per heavy atom. The molecule has 186 valence electrons. The predicted molar refractivity (Wildman–Crippen MR) is 129 cm³/mol. The van der Waals surface area contributed by atoms with Gasteiger partial charge in [-0.05, 0) is 55.0 Å². The first-order valence-corrected chi connectivity index (χ1v) is 11.8. The third kappa shape index (κ3) is 5.02. The van der Waals surface area contributed by atoms with Crippen molar-refractivity contribution < 1.29 is 27.8 Å². The number of hydrogen-bond donors (Lipinski definition) is 2. The number of aromatic nitrogens is 3. The van der Waals surface area contributed by atoms with E-state index in [1.807, 2.05) is 0 Å². The molecule has 10 heteroatoms. The highest BCUT2D eigenvalue weighted by Crippen LogP contribution is 2.34. The van der Waals surface area contributed by atoms with E-state index >= 15 is 0 Å². The van der Waals surface area contributed by atoms with Crippen molar-refractivity contribution in [3.05, 3.63) is 65.2 Å². The molecule has 2 N–H and O–H groups in total. The van der Waals surface area contributed by atoms with E-state index < -0.39 is 17.7 Å². The van der Waals surface area contributed by atoms with Crippen LogP contribution in [-0.2, 0) is 11.0 Å². The van der Waals surface area contributed by atoms with Gasteiger partial charge in [-0.1, -0.05) is 48.0 Å². The lowest BCUT2D eigenvalue weighted by atomic mass is 9.87. The summed E-state index contributed by atoms with van der Waals surface area (Å²) in [7, 11) is 0. The van der Waals surface area contributed by atoms with E-state index in [0.717, 1.165) is 12.1 Å². The molecule has 0 amide bonds. The van der Waals surface area contributed by atoms with Crippen LogP contribution in [0.15, 0.2) is 54.6 Å². The van der Waals surface area contributed by atoms with Crippen molar-refractivity contribution in [1.82, 2.24) is 15.0 Å². The largest absolute Gasteiger partial charge is 0.481 e. The lowest BCUT2D eigenvalue weighted by molar-refractivity contribution is -0.143. The molecule has 4 aromatic rings. The highest BCUT2D eigenvalue weighted by atomic mass is 35.5. The number of fused-ring (bicyclic) bond motifs is 1. The van der Waals surface area contributed by atoms with Gasteiger partial charge in [-0.25, -0.2) is 4.98 Å². The summed E-state index contributed by atoms with van der Waals surface area (Å²) in [6, 6.07) is 14.1. The topological polar surface area (TPSA) is 88.1 Å². The van der Waals surface area contributed by atoms with Crippen molar-refractivity contribution in [2.75, 3.05) is 0 Å². The molecule has 1 aliphatic rings. The Morgan fingerprint density at radius 2 is 1.67 bits per heavy atom. The Labute approximate surface area is 209 Å². The molecule has 1 saturated carbocycles. The monoisotopic (exact) mass is 515 g/mol. The second-order valence-corrected chi connectivity index (χ2v) is 9.22. The molecule has 0 aliphatic heterocycles. The van der Waals surface area contributed by atoms with Crippen LogP contribution in [-0.4, -0.2) is 32.1 Å². The summed E-state index contributed by atoms with van der Waals surface area (Å²) in [6.45, 7) is 0. The quantitative estimate of drug-likeness (QED) is 0.299. The van der Waals surface area contributed by atoms with Gasteiger partial charge in [-0.3, -0.25) is 4.79 Å². The van der Waals surface area contributed by atoms with Crippen LogP contribution in [0.3, 0.4) is 0 Å². The molecule has 6 nitrogen and oxygen atoms in total. The fourth-order valence-corrected chi connectivity index (χ4v) is 4.70. The predicted octanol–water partition coefficient (Wildman–Crippen LogP) is 6.99. The van der Waals surface area contributed by atoms with Crippen molar-refractivity contribution in [2.45, 2.75) is 38.0 Å². The van der Waals surface area contributed by atoms with E-state index in [1.54, 1.807) is 36.4 Å². The van der Waals surface area contributed by atoms with Crippen LogP contribution in [0.5, 0.6) is 6.01 Å². The fraction of sp³-hybridized carbons (Fsp3) is 0.269.